The van der Waals surface area contributed by atoms with Crippen molar-refractivity contribution in [2.45, 2.75) is 10.9 Å². The SMILES string of the molecule is Nc1ccccc1CSc1nccn1-c1ccccn1. The molecule has 0 saturated carbocycles. The number of nitrogens with zero attached hydrogens (tertiary/aromatic N) is 3. The number of benzene rings is 1. The zero-order chi connectivity index (χ0) is 13.8. The molecule has 100 valence electrons. The van der Waals surface area contributed by atoms with Crippen LogP contribution in [0.2, 0.25) is 0 Å². The number of para-hydroxylation sites is 1. The van der Waals surface area contributed by atoms with Crippen LogP contribution in [0.4, 0.5) is 5.69 Å². The van der Waals surface area contributed by atoms with Crippen molar-refractivity contribution in [1.82, 2.24) is 14.5 Å². The first-order valence-electron chi connectivity index (χ1n) is 6.25. The average molecular weight is 282 g/mol. The molecule has 0 aliphatic heterocycles. The van der Waals surface area contributed by atoms with Gasteiger partial charge in [-0.05, 0) is 23.8 Å². The van der Waals surface area contributed by atoms with Crippen LogP contribution < -0.4 is 5.73 Å². The highest BCUT2D eigenvalue weighted by molar-refractivity contribution is 7.98. The number of nitrogens with two attached hydrogens (primary N) is 1. The molecular formula is C15H14N4S. The van der Waals surface area contributed by atoms with Crippen LogP contribution in [0.1, 0.15) is 5.56 Å². The van der Waals surface area contributed by atoms with Gasteiger partial charge in [0.05, 0.1) is 0 Å². The van der Waals surface area contributed by atoms with Crippen LogP contribution in [0.5, 0.6) is 0 Å². The molecule has 0 aliphatic rings. The van der Waals surface area contributed by atoms with Crippen LogP contribution in [-0.4, -0.2) is 14.5 Å². The molecule has 2 heterocycles. The molecule has 0 amide bonds. The maximum Gasteiger partial charge on any atom is 0.174 e. The molecule has 0 fully saturated rings. The summed E-state index contributed by atoms with van der Waals surface area (Å²) in [5.74, 6) is 1.66. The first-order valence-corrected chi connectivity index (χ1v) is 7.24. The van der Waals surface area contributed by atoms with Gasteiger partial charge in [0, 0.05) is 30.0 Å². The molecule has 2 aromatic heterocycles. The van der Waals surface area contributed by atoms with Gasteiger partial charge in [-0.2, -0.15) is 0 Å². The van der Waals surface area contributed by atoms with E-state index < -0.39 is 0 Å². The summed E-state index contributed by atoms with van der Waals surface area (Å²) < 4.78 is 1.98. The third-order valence-electron chi connectivity index (χ3n) is 2.91. The van der Waals surface area contributed by atoms with E-state index in [9.17, 15) is 0 Å². The summed E-state index contributed by atoms with van der Waals surface area (Å²) in [5, 5.41) is 0.909. The van der Waals surface area contributed by atoms with E-state index in [4.69, 9.17) is 5.73 Å². The topological polar surface area (TPSA) is 56.7 Å². The summed E-state index contributed by atoms with van der Waals surface area (Å²) >= 11 is 1.65. The zero-order valence-electron chi connectivity index (χ0n) is 10.8. The minimum Gasteiger partial charge on any atom is -0.398 e. The number of nitrogen functional groups attached to an aromatic ring is 1. The second kappa shape index (κ2) is 5.79. The van der Waals surface area contributed by atoms with Crippen LogP contribution in [0.25, 0.3) is 5.82 Å². The lowest BCUT2D eigenvalue weighted by molar-refractivity contribution is 0.863. The third-order valence-corrected chi connectivity index (χ3v) is 3.93. The number of hydrogen-bond donors (Lipinski definition) is 1. The smallest absolute Gasteiger partial charge is 0.174 e. The Morgan fingerprint density at radius 1 is 1.00 bits per heavy atom. The molecule has 0 saturated heterocycles. The number of aromatic nitrogens is 3. The van der Waals surface area contributed by atoms with Crippen LogP contribution in [0.15, 0.2) is 66.2 Å². The molecule has 5 heteroatoms. The molecule has 3 rings (SSSR count). The lowest BCUT2D eigenvalue weighted by Gasteiger charge is -2.07. The van der Waals surface area contributed by atoms with E-state index in [0.717, 1.165) is 28.0 Å². The second-order valence-electron chi connectivity index (χ2n) is 4.26. The van der Waals surface area contributed by atoms with Crippen molar-refractivity contribution < 1.29 is 0 Å². The van der Waals surface area contributed by atoms with Crippen molar-refractivity contribution in [3.63, 3.8) is 0 Å². The third kappa shape index (κ3) is 2.67. The van der Waals surface area contributed by atoms with Gasteiger partial charge in [0.25, 0.3) is 0 Å². The quantitative estimate of drug-likeness (QED) is 0.590. The standard InChI is InChI=1S/C15H14N4S/c16-13-6-2-1-5-12(13)11-20-15-18-9-10-19(15)14-7-3-4-8-17-14/h1-10H,11,16H2. The first kappa shape index (κ1) is 12.7. The lowest BCUT2D eigenvalue weighted by Crippen LogP contribution is -1.98. The van der Waals surface area contributed by atoms with Gasteiger partial charge < -0.3 is 5.73 Å². The van der Waals surface area contributed by atoms with E-state index in [0.29, 0.717) is 0 Å². The molecular weight excluding hydrogens is 268 g/mol. The van der Waals surface area contributed by atoms with Crippen molar-refractivity contribution in [2.24, 2.45) is 0 Å². The van der Waals surface area contributed by atoms with Gasteiger partial charge in [0.2, 0.25) is 0 Å². The van der Waals surface area contributed by atoms with Crippen molar-refractivity contribution in [2.75, 3.05) is 5.73 Å². The molecule has 0 spiro atoms. The largest absolute Gasteiger partial charge is 0.398 e. The fraction of sp³-hybridized carbons (Fsp3) is 0.0667. The number of imidazole rings is 1. The Morgan fingerprint density at radius 2 is 1.85 bits per heavy atom. The van der Waals surface area contributed by atoms with Gasteiger partial charge in [0.15, 0.2) is 5.16 Å². The highest BCUT2D eigenvalue weighted by Crippen LogP contribution is 2.25. The maximum atomic E-state index is 5.96. The Hall–Kier alpha value is -2.27. The average Bonchev–Trinajstić information content (AvgIpc) is 2.96. The normalized spacial score (nSPS) is 10.6. The Balaban J connectivity index is 1.80. The zero-order valence-corrected chi connectivity index (χ0v) is 11.6. The van der Waals surface area contributed by atoms with E-state index in [1.807, 2.05) is 53.2 Å². The number of thioether (sulfide) groups is 1. The monoisotopic (exact) mass is 282 g/mol. The Morgan fingerprint density at radius 3 is 2.65 bits per heavy atom. The van der Waals surface area contributed by atoms with Crippen LogP contribution >= 0.6 is 11.8 Å². The minimum absolute atomic E-state index is 0.788. The van der Waals surface area contributed by atoms with E-state index >= 15 is 0 Å². The van der Waals surface area contributed by atoms with Gasteiger partial charge in [-0.15, -0.1) is 0 Å². The van der Waals surface area contributed by atoms with Crippen molar-refractivity contribution >= 4 is 17.4 Å². The molecule has 4 nitrogen and oxygen atoms in total. The minimum atomic E-state index is 0.788. The predicted octanol–water partition coefficient (Wildman–Crippen LogP) is 3.14. The molecule has 1 aromatic carbocycles. The van der Waals surface area contributed by atoms with E-state index in [-0.39, 0.29) is 0 Å². The molecule has 20 heavy (non-hydrogen) atoms. The Bertz CT molecular complexity index is 694. The van der Waals surface area contributed by atoms with E-state index in [1.165, 1.54) is 0 Å². The summed E-state index contributed by atoms with van der Waals surface area (Å²) in [6.45, 7) is 0. The summed E-state index contributed by atoms with van der Waals surface area (Å²) in [4.78, 5) is 8.72. The van der Waals surface area contributed by atoms with Gasteiger partial charge >= 0.3 is 0 Å². The maximum absolute atomic E-state index is 5.96. The summed E-state index contributed by atoms with van der Waals surface area (Å²) in [6, 6.07) is 13.7. The fourth-order valence-corrected chi connectivity index (χ4v) is 2.85. The molecule has 3 aromatic rings. The van der Waals surface area contributed by atoms with Gasteiger partial charge in [-0.1, -0.05) is 36.0 Å². The van der Waals surface area contributed by atoms with Crippen LogP contribution in [0, 0.1) is 0 Å². The Kier molecular flexibility index (Phi) is 3.69. The molecule has 0 aliphatic carbocycles. The van der Waals surface area contributed by atoms with E-state index in [2.05, 4.69) is 9.97 Å². The summed E-state index contributed by atoms with van der Waals surface area (Å²) in [5.41, 5.74) is 7.89. The molecule has 0 atom stereocenters. The van der Waals surface area contributed by atoms with Gasteiger partial charge in [-0.25, -0.2) is 9.97 Å². The number of rotatable bonds is 4. The highest BCUT2D eigenvalue weighted by Gasteiger charge is 2.07. The molecule has 2 N–H and O–H groups in total. The Labute approximate surface area is 121 Å². The first-order chi connectivity index (χ1) is 9.84. The molecule has 0 radical (unpaired) electrons. The van der Waals surface area contributed by atoms with Gasteiger partial charge in [-0.3, -0.25) is 4.57 Å². The second-order valence-corrected chi connectivity index (χ2v) is 5.20. The summed E-state index contributed by atoms with van der Waals surface area (Å²) in [6.07, 6.45) is 5.48. The number of pyridine rings is 1. The van der Waals surface area contributed by atoms with Crippen molar-refractivity contribution in [3.05, 3.63) is 66.6 Å². The lowest BCUT2D eigenvalue weighted by atomic mass is 10.2. The predicted molar refractivity (Wildman–Crippen MR) is 81.8 cm³/mol. The number of anilines is 1. The fourth-order valence-electron chi connectivity index (χ4n) is 1.88. The summed E-state index contributed by atoms with van der Waals surface area (Å²) in [7, 11) is 0. The highest BCUT2D eigenvalue weighted by atomic mass is 32.2. The van der Waals surface area contributed by atoms with Gasteiger partial charge in [0.1, 0.15) is 5.82 Å². The number of hydrogen-bond acceptors (Lipinski definition) is 4. The van der Waals surface area contributed by atoms with Crippen molar-refractivity contribution in [3.8, 4) is 5.82 Å². The van der Waals surface area contributed by atoms with Crippen molar-refractivity contribution in [1.29, 1.82) is 0 Å². The van der Waals surface area contributed by atoms with Crippen LogP contribution in [-0.2, 0) is 5.75 Å². The van der Waals surface area contributed by atoms with Crippen LogP contribution in [0.3, 0.4) is 0 Å². The van der Waals surface area contributed by atoms with E-state index in [1.54, 1.807) is 24.2 Å². The molecule has 0 unspecified atom stereocenters. The molecule has 0 bridgehead atoms.